The number of aliphatic imine (C=N–C) groups is 1. The molecule has 2 N–H and O–H groups in total. The van der Waals surface area contributed by atoms with Gasteiger partial charge in [0.1, 0.15) is 5.01 Å². The van der Waals surface area contributed by atoms with Crippen LogP contribution in [0.4, 0.5) is 0 Å². The van der Waals surface area contributed by atoms with E-state index >= 15 is 0 Å². The lowest BCUT2D eigenvalue weighted by Crippen LogP contribution is -2.37. The molecule has 7 heteroatoms. The molecule has 0 aliphatic carbocycles. The number of morpholine rings is 1. The summed E-state index contributed by atoms with van der Waals surface area (Å²) in [5, 5.41) is 10.0. The van der Waals surface area contributed by atoms with Crippen LogP contribution in [0, 0.1) is 0 Å². The topological polar surface area (TPSA) is 61.8 Å². The Morgan fingerprint density at radius 2 is 1.90 bits per heavy atom. The van der Waals surface area contributed by atoms with Crippen LogP contribution < -0.4 is 10.6 Å². The van der Waals surface area contributed by atoms with Crippen LogP contribution in [0.5, 0.6) is 0 Å². The van der Waals surface area contributed by atoms with Crippen LogP contribution in [0.15, 0.2) is 34.6 Å². The number of guanidine groups is 1. The van der Waals surface area contributed by atoms with Gasteiger partial charge in [-0.3, -0.25) is 4.90 Å². The summed E-state index contributed by atoms with van der Waals surface area (Å²) in [6, 6.07) is 8.60. The van der Waals surface area contributed by atoms with Gasteiger partial charge in [0.2, 0.25) is 0 Å². The third-order valence-electron chi connectivity index (χ3n) is 5.10. The molecule has 0 unspecified atom stereocenters. The van der Waals surface area contributed by atoms with Crippen molar-refractivity contribution in [3.8, 4) is 0 Å². The van der Waals surface area contributed by atoms with E-state index in [4.69, 9.17) is 14.7 Å². The lowest BCUT2D eigenvalue weighted by Gasteiger charge is -2.27. The van der Waals surface area contributed by atoms with Gasteiger partial charge in [0.15, 0.2) is 5.96 Å². The highest BCUT2D eigenvalue weighted by molar-refractivity contribution is 7.09. The highest BCUT2D eigenvalue weighted by atomic mass is 32.1. The number of nitrogens with zero attached hydrogens (tertiary/aromatic N) is 3. The smallest absolute Gasteiger partial charge is 0.191 e. The van der Waals surface area contributed by atoms with Gasteiger partial charge >= 0.3 is 0 Å². The van der Waals surface area contributed by atoms with Gasteiger partial charge in [0.05, 0.1) is 32.0 Å². The van der Waals surface area contributed by atoms with Crippen molar-refractivity contribution in [2.24, 2.45) is 4.99 Å². The molecule has 0 spiro atoms. The van der Waals surface area contributed by atoms with Crippen LogP contribution in [0.25, 0.3) is 0 Å². The molecule has 0 atom stereocenters. The first kappa shape index (κ1) is 22.7. The van der Waals surface area contributed by atoms with Crippen LogP contribution in [-0.4, -0.2) is 48.7 Å². The Morgan fingerprint density at radius 1 is 1.17 bits per heavy atom. The van der Waals surface area contributed by atoms with Gasteiger partial charge in [-0.25, -0.2) is 9.98 Å². The molecule has 1 aliphatic heterocycles. The summed E-state index contributed by atoms with van der Waals surface area (Å²) in [4.78, 5) is 12.1. The SMILES string of the molecule is CCNC(=NCc1ccccc1CN1CCOCC1)NCc1nc(C(C)(C)C)cs1. The van der Waals surface area contributed by atoms with Gasteiger partial charge in [-0.1, -0.05) is 45.0 Å². The number of hydrogen-bond acceptors (Lipinski definition) is 5. The molecule has 1 saturated heterocycles. The molecule has 2 aromatic rings. The lowest BCUT2D eigenvalue weighted by atomic mass is 9.93. The molecule has 1 aliphatic rings. The summed E-state index contributed by atoms with van der Waals surface area (Å²) in [7, 11) is 0. The predicted molar refractivity (Wildman–Crippen MR) is 125 cm³/mol. The van der Waals surface area contributed by atoms with E-state index in [1.165, 1.54) is 11.1 Å². The highest BCUT2D eigenvalue weighted by Gasteiger charge is 2.17. The fraction of sp³-hybridized carbons (Fsp3) is 0.565. The fourth-order valence-corrected chi connectivity index (χ4v) is 4.23. The number of rotatable bonds is 7. The lowest BCUT2D eigenvalue weighted by molar-refractivity contribution is 0.0341. The Bertz CT molecular complexity index is 821. The minimum Gasteiger partial charge on any atom is -0.379 e. The van der Waals surface area contributed by atoms with Gasteiger partial charge in [0, 0.05) is 37.0 Å². The molecular weight excluding hydrogens is 394 g/mol. The number of hydrogen-bond donors (Lipinski definition) is 2. The zero-order valence-corrected chi connectivity index (χ0v) is 19.5. The average Bonchev–Trinajstić information content (AvgIpc) is 3.21. The van der Waals surface area contributed by atoms with Crippen molar-refractivity contribution in [3.63, 3.8) is 0 Å². The van der Waals surface area contributed by atoms with E-state index in [-0.39, 0.29) is 5.41 Å². The molecule has 1 fully saturated rings. The van der Waals surface area contributed by atoms with E-state index in [1.807, 2.05) is 0 Å². The van der Waals surface area contributed by atoms with Gasteiger partial charge in [-0.2, -0.15) is 0 Å². The minimum absolute atomic E-state index is 0.0809. The molecule has 30 heavy (non-hydrogen) atoms. The average molecular weight is 430 g/mol. The zero-order chi connectivity index (χ0) is 21.4. The van der Waals surface area contributed by atoms with Crippen molar-refractivity contribution < 1.29 is 4.74 Å². The Labute approximate surface area is 184 Å². The molecule has 164 valence electrons. The first-order chi connectivity index (χ1) is 14.5. The summed E-state index contributed by atoms with van der Waals surface area (Å²) in [5.41, 5.74) is 3.83. The molecule has 0 amide bonds. The standard InChI is InChI=1S/C23H35N5OS/c1-5-24-22(26-15-21-27-20(17-30-21)23(2,3)4)25-14-18-8-6-7-9-19(18)16-28-10-12-29-13-11-28/h6-9,17H,5,10-16H2,1-4H3,(H2,24,25,26). The van der Waals surface area contributed by atoms with Crippen molar-refractivity contribution in [1.82, 2.24) is 20.5 Å². The van der Waals surface area contributed by atoms with Gasteiger partial charge in [-0.15, -0.1) is 11.3 Å². The maximum Gasteiger partial charge on any atom is 0.191 e. The van der Waals surface area contributed by atoms with E-state index in [0.717, 1.165) is 56.1 Å². The van der Waals surface area contributed by atoms with E-state index in [9.17, 15) is 0 Å². The Hall–Kier alpha value is -1.96. The van der Waals surface area contributed by atoms with E-state index in [0.29, 0.717) is 13.1 Å². The van der Waals surface area contributed by atoms with E-state index in [2.05, 4.69) is 72.9 Å². The second-order valence-corrected chi connectivity index (χ2v) is 9.53. The van der Waals surface area contributed by atoms with Crippen LogP contribution in [0.3, 0.4) is 0 Å². The molecule has 2 heterocycles. The number of nitrogens with one attached hydrogen (secondary N) is 2. The molecule has 0 radical (unpaired) electrons. The third kappa shape index (κ3) is 6.79. The first-order valence-corrected chi connectivity index (χ1v) is 11.7. The third-order valence-corrected chi connectivity index (χ3v) is 5.94. The van der Waals surface area contributed by atoms with E-state index in [1.54, 1.807) is 11.3 Å². The first-order valence-electron chi connectivity index (χ1n) is 10.8. The second-order valence-electron chi connectivity index (χ2n) is 8.58. The van der Waals surface area contributed by atoms with Crippen LogP contribution in [0.1, 0.15) is 49.5 Å². The van der Waals surface area contributed by atoms with Crippen LogP contribution in [0.2, 0.25) is 0 Å². The Kier molecular flexibility index (Phi) is 8.24. The summed E-state index contributed by atoms with van der Waals surface area (Å²) in [5.74, 6) is 0.825. The van der Waals surface area contributed by atoms with Gasteiger partial charge in [0.25, 0.3) is 0 Å². The summed E-state index contributed by atoms with van der Waals surface area (Å²) < 4.78 is 5.47. The van der Waals surface area contributed by atoms with Crippen LogP contribution >= 0.6 is 11.3 Å². The predicted octanol–water partition coefficient (Wildman–Crippen LogP) is 3.53. The van der Waals surface area contributed by atoms with Crippen molar-refractivity contribution in [2.75, 3.05) is 32.8 Å². The second kappa shape index (κ2) is 10.9. The minimum atomic E-state index is 0.0809. The largest absolute Gasteiger partial charge is 0.379 e. The maximum absolute atomic E-state index is 5.47. The highest BCUT2D eigenvalue weighted by Crippen LogP contribution is 2.23. The number of ether oxygens (including phenoxy) is 1. The summed E-state index contributed by atoms with van der Waals surface area (Å²) in [6.07, 6.45) is 0. The van der Waals surface area contributed by atoms with E-state index < -0.39 is 0 Å². The van der Waals surface area contributed by atoms with Crippen molar-refractivity contribution in [2.45, 2.75) is 52.7 Å². The van der Waals surface area contributed by atoms with Crippen molar-refractivity contribution >= 4 is 17.3 Å². The fourth-order valence-electron chi connectivity index (χ4n) is 3.27. The maximum atomic E-state index is 5.47. The molecule has 0 bridgehead atoms. The van der Waals surface area contributed by atoms with Crippen molar-refractivity contribution in [3.05, 3.63) is 51.5 Å². The Morgan fingerprint density at radius 3 is 2.57 bits per heavy atom. The van der Waals surface area contributed by atoms with Crippen LogP contribution in [-0.2, 0) is 29.8 Å². The molecule has 6 nitrogen and oxygen atoms in total. The molecule has 3 rings (SSSR count). The van der Waals surface area contributed by atoms with Gasteiger partial charge in [-0.05, 0) is 18.1 Å². The number of benzene rings is 1. The molecule has 0 saturated carbocycles. The molecular formula is C23H35N5OS. The summed E-state index contributed by atoms with van der Waals surface area (Å²) in [6.45, 7) is 15.4. The van der Waals surface area contributed by atoms with Gasteiger partial charge < -0.3 is 15.4 Å². The Balaban J connectivity index is 1.62. The molecule has 1 aromatic carbocycles. The number of aromatic nitrogens is 1. The molecule has 1 aromatic heterocycles. The normalized spacial score (nSPS) is 15.9. The quantitative estimate of drug-likeness (QED) is 0.521. The number of thiazole rings is 1. The monoisotopic (exact) mass is 429 g/mol. The summed E-state index contributed by atoms with van der Waals surface area (Å²) >= 11 is 1.70. The van der Waals surface area contributed by atoms with Crippen molar-refractivity contribution in [1.29, 1.82) is 0 Å². The zero-order valence-electron chi connectivity index (χ0n) is 18.7.